The van der Waals surface area contributed by atoms with Gasteiger partial charge in [-0.05, 0) is 0 Å². The highest BCUT2D eigenvalue weighted by atomic mass is 35.5. The second kappa shape index (κ2) is 4.05. The lowest BCUT2D eigenvalue weighted by Crippen LogP contribution is -2.59. The standard InChI is InChI=1S/C10H8Cl5NO2/c1-17-10(18-2)8(14)3-7(13,4-16)9(10,15)6(12)5(8)11/h3H2,1-2H3/t7?,8-,9-/m0/s1. The van der Waals surface area contributed by atoms with Crippen LogP contribution in [0.5, 0.6) is 0 Å². The first kappa shape index (κ1) is 15.0. The van der Waals surface area contributed by atoms with Gasteiger partial charge in [0.25, 0.3) is 0 Å². The van der Waals surface area contributed by atoms with Crippen molar-refractivity contribution in [1.29, 1.82) is 5.26 Å². The Kier molecular flexibility index (Phi) is 3.38. The highest BCUT2D eigenvalue weighted by Gasteiger charge is 2.86. The summed E-state index contributed by atoms with van der Waals surface area (Å²) < 4.78 is 10.7. The van der Waals surface area contributed by atoms with E-state index in [4.69, 9.17) is 67.5 Å². The van der Waals surface area contributed by atoms with E-state index in [9.17, 15) is 5.26 Å². The van der Waals surface area contributed by atoms with Crippen LogP contribution in [0.1, 0.15) is 6.42 Å². The van der Waals surface area contributed by atoms with Gasteiger partial charge in [0.2, 0.25) is 5.79 Å². The minimum absolute atomic E-state index is 0.0210. The Morgan fingerprint density at radius 2 is 1.61 bits per heavy atom. The molecular weight excluding hydrogens is 343 g/mol. The van der Waals surface area contributed by atoms with E-state index in [1.54, 1.807) is 0 Å². The molecule has 2 aliphatic rings. The van der Waals surface area contributed by atoms with Crippen LogP contribution in [-0.4, -0.2) is 34.6 Å². The normalized spacial score (nSPS) is 45.4. The molecule has 0 spiro atoms. The van der Waals surface area contributed by atoms with Gasteiger partial charge in [-0.2, -0.15) is 5.26 Å². The molecule has 8 heteroatoms. The monoisotopic (exact) mass is 349 g/mol. The molecule has 0 amide bonds. The van der Waals surface area contributed by atoms with E-state index in [1.165, 1.54) is 14.2 Å². The van der Waals surface area contributed by atoms with Gasteiger partial charge in [-0.3, -0.25) is 0 Å². The van der Waals surface area contributed by atoms with Gasteiger partial charge in [-0.1, -0.05) is 23.2 Å². The summed E-state index contributed by atoms with van der Waals surface area (Å²) in [6.07, 6.45) is -0.0418. The molecule has 0 saturated heterocycles. The van der Waals surface area contributed by atoms with Crippen LogP contribution in [-0.2, 0) is 9.47 Å². The Morgan fingerprint density at radius 3 is 1.94 bits per heavy atom. The summed E-state index contributed by atoms with van der Waals surface area (Å²) in [7, 11) is 2.69. The van der Waals surface area contributed by atoms with Crippen LogP contribution < -0.4 is 0 Å². The van der Waals surface area contributed by atoms with Crippen LogP contribution in [0.2, 0.25) is 0 Å². The molecule has 2 bridgehead atoms. The molecule has 0 radical (unpaired) electrons. The quantitative estimate of drug-likeness (QED) is 0.564. The lowest BCUT2D eigenvalue weighted by molar-refractivity contribution is -0.217. The first-order valence-corrected chi connectivity index (χ1v) is 6.74. The molecular formula is C10H8Cl5NO2. The fourth-order valence-corrected chi connectivity index (χ4v) is 5.35. The average molecular weight is 351 g/mol. The van der Waals surface area contributed by atoms with Crippen LogP contribution in [0.4, 0.5) is 0 Å². The van der Waals surface area contributed by atoms with Gasteiger partial charge in [-0.25, -0.2) is 0 Å². The fourth-order valence-electron chi connectivity index (χ4n) is 2.78. The SMILES string of the molecule is COC1(OC)[C@]2(Cl)C(Cl)=C(Cl)[C@@]1(Cl)CC2(Cl)C#N. The van der Waals surface area contributed by atoms with E-state index in [0.717, 1.165) is 0 Å². The molecule has 0 aromatic rings. The lowest BCUT2D eigenvalue weighted by Gasteiger charge is -2.41. The van der Waals surface area contributed by atoms with E-state index in [2.05, 4.69) is 0 Å². The number of rotatable bonds is 2. The smallest absolute Gasteiger partial charge is 0.220 e. The number of hydrogen-bond donors (Lipinski definition) is 0. The van der Waals surface area contributed by atoms with Gasteiger partial charge >= 0.3 is 0 Å². The van der Waals surface area contributed by atoms with E-state index in [1.807, 2.05) is 6.07 Å². The van der Waals surface area contributed by atoms with Crippen molar-refractivity contribution in [1.82, 2.24) is 0 Å². The van der Waals surface area contributed by atoms with E-state index < -0.39 is 20.4 Å². The molecule has 3 nitrogen and oxygen atoms in total. The van der Waals surface area contributed by atoms with Crippen molar-refractivity contribution < 1.29 is 9.47 Å². The van der Waals surface area contributed by atoms with Gasteiger partial charge in [0.1, 0.15) is 4.87 Å². The summed E-state index contributed by atoms with van der Waals surface area (Å²) in [5.41, 5.74) is 0. The first-order valence-electron chi connectivity index (χ1n) is 4.85. The van der Waals surface area contributed by atoms with Gasteiger partial charge in [0, 0.05) is 20.6 Å². The van der Waals surface area contributed by atoms with Crippen molar-refractivity contribution in [3.63, 3.8) is 0 Å². The van der Waals surface area contributed by atoms with E-state index in [-0.39, 0.29) is 16.5 Å². The van der Waals surface area contributed by atoms with Crippen LogP contribution in [0.25, 0.3) is 0 Å². The van der Waals surface area contributed by atoms with Crippen molar-refractivity contribution >= 4 is 58.0 Å². The molecule has 2 rings (SSSR count). The Morgan fingerprint density at radius 1 is 1.11 bits per heavy atom. The summed E-state index contributed by atoms with van der Waals surface area (Å²) in [5, 5.41) is 9.37. The van der Waals surface area contributed by atoms with Gasteiger partial charge in [0.05, 0.1) is 16.1 Å². The maximum absolute atomic E-state index is 9.29. The van der Waals surface area contributed by atoms with Crippen LogP contribution >= 0.6 is 58.0 Å². The Hall–Kier alpha value is 0.600. The molecule has 0 aromatic carbocycles. The molecule has 3 atom stereocenters. The Bertz CT molecular complexity index is 485. The van der Waals surface area contributed by atoms with Gasteiger partial charge in [-0.15, -0.1) is 34.8 Å². The van der Waals surface area contributed by atoms with Crippen LogP contribution in [0, 0.1) is 11.3 Å². The van der Waals surface area contributed by atoms with Crippen molar-refractivity contribution in [2.75, 3.05) is 14.2 Å². The first-order chi connectivity index (χ1) is 8.20. The molecule has 0 heterocycles. The van der Waals surface area contributed by atoms with E-state index >= 15 is 0 Å². The number of alkyl halides is 3. The molecule has 2 aliphatic carbocycles. The highest BCUT2D eigenvalue weighted by Crippen LogP contribution is 2.74. The van der Waals surface area contributed by atoms with Crippen LogP contribution in [0.15, 0.2) is 10.1 Å². The molecule has 0 aromatic heterocycles. The van der Waals surface area contributed by atoms with Crippen LogP contribution in [0.3, 0.4) is 0 Å². The summed E-state index contributed by atoms with van der Waals surface area (Å²) in [6.45, 7) is 0. The second-order valence-corrected chi connectivity index (χ2v) is 6.82. The number of ether oxygens (including phenoxy) is 2. The minimum Gasteiger partial charge on any atom is -0.349 e. The number of halogens is 5. The van der Waals surface area contributed by atoms with Crippen molar-refractivity contribution in [3.05, 3.63) is 10.1 Å². The molecule has 18 heavy (non-hydrogen) atoms. The Balaban J connectivity index is 2.83. The predicted molar refractivity (Wildman–Crippen MR) is 71.5 cm³/mol. The third kappa shape index (κ3) is 1.18. The second-order valence-electron chi connectivity index (χ2n) is 4.20. The third-order valence-corrected chi connectivity index (χ3v) is 6.81. The van der Waals surface area contributed by atoms with Crippen molar-refractivity contribution in [3.8, 4) is 6.07 Å². The zero-order chi connectivity index (χ0) is 14.0. The molecule has 100 valence electrons. The molecule has 1 saturated carbocycles. The number of nitrogens with zero attached hydrogens (tertiary/aromatic N) is 1. The predicted octanol–water partition coefficient (Wildman–Crippen LogP) is 3.54. The van der Waals surface area contributed by atoms with Crippen molar-refractivity contribution in [2.45, 2.75) is 26.8 Å². The molecule has 0 N–H and O–H groups in total. The number of fused-ring (bicyclic) bond motifs is 2. The van der Waals surface area contributed by atoms with Gasteiger partial charge in [0.15, 0.2) is 9.75 Å². The Labute approximate surface area is 129 Å². The maximum atomic E-state index is 9.29. The highest BCUT2D eigenvalue weighted by molar-refractivity contribution is 6.55. The summed E-state index contributed by atoms with van der Waals surface area (Å²) >= 11 is 31.5. The lowest BCUT2D eigenvalue weighted by atomic mass is 9.91. The average Bonchev–Trinajstić information content (AvgIpc) is 2.59. The minimum atomic E-state index is -1.67. The van der Waals surface area contributed by atoms with Crippen molar-refractivity contribution in [2.24, 2.45) is 0 Å². The summed E-state index contributed by atoms with van der Waals surface area (Å²) in [4.78, 5) is -4.63. The number of nitriles is 1. The van der Waals surface area contributed by atoms with Gasteiger partial charge < -0.3 is 9.47 Å². The third-order valence-electron chi connectivity index (χ3n) is 3.60. The zero-order valence-electron chi connectivity index (χ0n) is 9.36. The zero-order valence-corrected chi connectivity index (χ0v) is 13.1. The number of hydrogen-bond acceptors (Lipinski definition) is 3. The molecule has 0 aliphatic heterocycles. The largest absolute Gasteiger partial charge is 0.349 e. The maximum Gasteiger partial charge on any atom is 0.220 e. The summed E-state index contributed by atoms with van der Waals surface area (Å²) in [5.74, 6) is -1.60. The topological polar surface area (TPSA) is 42.2 Å². The van der Waals surface area contributed by atoms with E-state index in [0.29, 0.717) is 0 Å². The number of methoxy groups -OCH3 is 2. The fraction of sp³-hybridized carbons (Fsp3) is 0.700. The molecule has 1 fully saturated rings. The molecule has 1 unspecified atom stereocenters. The summed E-state index contributed by atoms with van der Waals surface area (Å²) in [6, 6.07) is 1.92.